The third kappa shape index (κ3) is 4.61. The van der Waals surface area contributed by atoms with Gasteiger partial charge in [0, 0.05) is 0 Å². The molecule has 0 bridgehead atoms. The van der Waals surface area contributed by atoms with Gasteiger partial charge in [-0.3, -0.25) is 0 Å². The summed E-state index contributed by atoms with van der Waals surface area (Å²) in [6.07, 6.45) is 4.24. The number of ether oxygens (including phenoxy) is 1. The van der Waals surface area contributed by atoms with Gasteiger partial charge >= 0.3 is 92.9 Å². The number of halogens is 1. The molecule has 0 aromatic heterocycles. The first-order chi connectivity index (χ1) is 6.27. The second-order valence-corrected chi connectivity index (χ2v) is 7.93. The van der Waals surface area contributed by atoms with Gasteiger partial charge in [-0.15, -0.1) is 0 Å². The first-order valence-corrected chi connectivity index (χ1v) is 7.79. The van der Waals surface area contributed by atoms with Crippen LogP contribution in [0.5, 0.6) is 0 Å². The molecule has 1 rings (SSSR count). The summed E-state index contributed by atoms with van der Waals surface area (Å²) in [7, 11) is 2.42. The Balaban J connectivity index is 2.10. The van der Waals surface area contributed by atoms with E-state index in [1.165, 1.54) is 39.5 Å². The normalized spacial score (nSPS) is 22.0. The van der Waals surface area contributed by atoms with Crippen LogP contribution in [0.3, 0.4) is 0 Å². The Morgan fingerprint density at radius 2 is 1.92 bits per heavy atom. The Labute approximate surface area is 92.8 Å². The zero-order chi connectivity index (χ0) is 9.57. The molecular formula is C10H22INO. The quantitative estimate of drug-likeness (QED) is 0.264. The van der Waals surface area contributed by atoms with Crippen molar-refractivity contribution in [2.45, 2.75) is 26.2 Å². The van der Waals surface area contributed by atoms with Gasteiger partial charge in [0.2, 0.25) is 0 Å². The molecule has 1 fully saturated rings. The summed E-state index contributed by atoms with van der Waals surface area (Å²) < 4.78 is 8.25. The SMILES string of the molecule is CCCCC[I-][N+]1(C)CCOCC1. The van der Waals surface area contributed by atoms with E-state index in [4.69, 9.17) is 4.74 Å². The van der Waals surface area contributed by atoms with Crippen molar-refractivity contribution >= 4 is 0 Å². The minimum absolute atomic E-state index is 0.365. The Bertz CT molecular complexity index is 135. The summed E-state index contributed by atoms with van der Waals surface area (Å²) >= 11 is 0.365. The molecule has 0 unspecified atom stereocenters. The van der Waals surface area contributed by atoms with E-state index in [2.05, 4.69) is 14.0 Å². The predicted octanol–water partition coefficient (Wildman–Crippen LogP) is -1.34. The zero-order valence-electron chi connectivity index (χ0n) is 8.89. The van der Waals surface area contributed by atoms with Gasteiger partial charge in [0.25, 0.3) is 0 Å². The average Bonchev–Trinajstić information content (AvgIpc) is 2.14. The molecule has 0 N–H and O–H groups in total. The molecule has 0 amide bonds. The maximum atomic E-state index is 5.39. The molecule has 0 atom stereocenters. The van der Waals surface area contributed by atoms with Crippen LogP contribution in [0.25, 0.3) is 0 Å². The van der Waals surface area contributed by atoms with Crippen LogP contribution in [0, 0.1) is 0 Å². The standard InChI is InChI=1S/C10H22INO/c1-3-4-5-6-11-12(2)7-9-13-10-8-12/h3-10H2,1-2H3. The van der Waals surface area contributed by atoms with Crippen LogP contribution in [0.1, 0.15) is 26.2 Å². The van der Waals surface area contributed by atoms with Gasteiger partial charge in [-0.1, -0.05) is 0 Å². The molecule has 1 aliphatic heterocycles. The van der Waals surface area contributed by atoms with Crippen LogP contribution in [0.4, 0.5) is 0 Å². The number of likely N-dealkylation sites (N-methyl/N-ethyl adjacent to an activating group) is 1. The zero-order valence-corrected chi connectivity index (χ0v) is 11.0. The van der Waals surface area contributed by atoms with Crippen molar-refractivity contribution in [3.63, 3.8) is 0 Å². The molecule has 0 radical (unpaired) electrons. The van der Waals surface area contributed by atoms with Crippen molar-refractivity contribution in [3.05, 3.63) is 0 Å². The molecule has 0 aromatic rings. The molecule has 80 valence electrons. The molecule has 1 saturated heterocycles. The molecule has 3 heteroatoms. The van der Waals surface area contributed by atoms with Crippen LogP contribution in [-0.2, 0) is 4.74 Å². The summed E-state index contributed by atoms with van der Waals surface area (Å²) in [4.78, 5) is 0. The van der Waals surface area contributed by atoms with Crippen LogP contribution >= 0.6 is 0 Å². The summed E-state index contributed by atoms with van der Waals surface area (Å²) in [6, 6.07) is 0. The van der Waals surface area contributed by atoms with Crippen molar-refractivity contribution in [2.24, 2.45) is 0 Å². The second kappa shape index (κ2) is 6.19. The fourth-order valence-electron chi connectivity index (χ4n) is 1.45. The molecule has 0 spiro atoms. The summed E-state index contributed by atoms with van der Waals surface area (Å²) in [6.45, 7) is 6.79. The van der Waals surface area contributed by atoms with Crippen LogP contribution in [0.15, 0.2) is 0 Å². The first kappa shape index (κ1) is 11.7. The topological polar surface area (TPSA) is 9.23 Å². The fraction of sp³-hybridized carbons (Fsp3) is 1.00. The second-order valence-electron chi connectivity index (χ2n) is 3.84. The number of nitrogens with zero attached hydrogens (tertiary/aromatic N) is 1. The molecule has 0 saturated carbocycles. The Morgan fingerprint density at radius 3 is 2.54 bits per heavy atom. The number of morpholine rings is 1. The van der Waals surface area contributed by atoms with Gasteiger partial charge in [-0.2, -0.15) is 0 Å². The molecule has 0 aromatic carbocycles. The van der Waals surface area contributed by atoms with E-state index < -0.39 is 0 Å². The van der Waals surface area contributed by atoms with Crippen molar-refractivity contribution in [2.75, 3.05) is 37.8 Å². The third-order valence-electron chi connectivity index (χ3n) is 2.51. The van der Waals surface area contributed by atoms with E-state index in [9.17, 15) is 0 Å². The van der Waals surface area contributed by atoms with E-state index >= 15 is 0 Å². The van der Waals surface area contributed by atoms with Gasteiger partial charge in [0.15, 0.2) is 0 Å². The van der Waals surface area contributed by atoms with E-state index in [-0.39, 0.29) is 0 Å². The Morgan fingerprint density at radius 1 is 1.23 bits per heavy atom. The third-order valence-corrected chi connectivity index (χ3v) is 6.37. The number of rotatable bonds is 5. The molecular weight excluding hydrogens is 277 g/mol. The monoisotopic (exact) mass is 299 g/mol. The average molecular weight is 299 g/mol. The van der Waals surface area contributed by atoms with Gasteiger partial charge in [0.05, 0.1) is 0 Å². The van der Waals surface area contributed by atoms with Gasteiger partial charge in [-0.25, -0.2) is 0 Å². The van der Waals surface area contributed by atoms with E-state index in [0.717, 1.165) is 13.2 Å². The summed E-state index contributed by atoms with van der Waals surface area (Å²) in [5.41, 5.74) is 0. The fourth-order valence-corrected chi connectivity index (χ4v) is 4.57. The van der Waals surface area contributed by atoms with Crippen molar-refractivity contribution in [1.29, 1.82) is 0 Å². The van der Waals surface area contributed by atoms with E-state index in [0.29, 0.717) is 21.5 Å². The number of unbranched alkanes of at least 4 members (excludes halogenated alkanes) is 2. The van der Waals surface area contributed by atoms with Crippen LogP contribution < -0.4 is 21.5 Å². The molecule has 1 aliphatic rings. The maximum absolute atomic E-state index is 5.39. The van der Waals surface area contributed by atoms with E-state index in [1.54, 1.807) is 0 Å². The van der Waals surface area contributed by atoms with Crippen molar-refractivity contribution in [1.82, 2.24) is 0 Å². The molecule has 2 nitrogen and oxygen atoms in total. The Kier molecular flexibility index (Phi) is 5.58. The number of hydrogen-bond donors (Lipinski definition) is 0. The number of hydrogen-bond acceptors (Lipinski definition) is 1. The van der Waals surface area contributed by atoms with E-state index in [1.807, 2.05) is 0 Å². The number of alkyl halides is 1. The summed E-state index contributed by atoms with van der Waals surface area (Å²) in [5, 5.41) is 0. The molecule has 1 heterocycles. The van der Waals surface area contributed by atoms with Gasteiger partial charge < -0.3 is 0 Å². The first-order valence-electron chi connectivity index (χ1n) is 5.30. The van der Waals surface area contributed by atoms with Gasteiger partial charge in [-0.05, 0) is 0 Å². The summed E-state index contributed by atoms with van der Waals surface area (Å²) in [5.74, 6) is 0. The van der Waals surface area contributed by atoms with Crippen LogP contribution in [0.2, 0.25) is 0 Å². The van der Waals surface area contributed by atoms with Crippen molar-refractivity contribution in [3.8, 4) is 0 Å². The molecule has 0 aliphatic carbocycles. The Hall–Kier alpha value is 0.650. The van der Waals surface area contributed by atoms with Crippen LogP contribution in [-0.4, -0.2) is 40.5 Å². The van der Waals surface area contributed by atoms with Gasteiger partial charge in [0.1, 0.15) is 0 Å². The molecule has 13 heavy (non-hydrogen) atoms. The predicted molar refractivity (Wildman–Crippen MR) is 51.1 cm³/mol. The minimum atomic E-state index is 0.365. The number of quaternary nitrogens is 1. The van der Waals surface area contributed by atoms with Crippen molar-refractivity contribution < 1.29 is 28.9 Å².